The first kappa shape index (κ1) is 13.8. The highest BCUT2D eigenvalue weighted by molar-refractivity contribution is 5.77. The highest BCUT2D eigenvalue weighted by atomic mass is 16.2. The molecule has 1 heterocycles. The van der Waals surface area contributed by atoms with Gasteiger partial charge in [0.05, 0.1) is 7.05 Å². The van der Waals surface area contributed by atoms with E-state index in [9.17, 15) is 4.79 Å². The van der Waals surface area contributed by atoms with Gasteiger partial charge in [-0.2, -0.15) is 0 Å². The van der Waals surface area contributed by atoms with Crippen LogP contribution in [0.4, 0.5) is 0 Å². The van der Waals surface area contributed by atoms with Gasteiger partial charge >= 0.3 is 0 Å². The fourth-order valence-corrected chi connectivity index (χ4v) is 3.22. The van der Waals surface area contributed by atoms with Crippen LogP contribution in [0.15, 0.2) is 0 Å². The molecule has 0 spiro atoms. The largest absolute Gasteiger partial charge is 0.348 e. The third-order valence-corrected chi connectivity index (χ3v) is 4.68. The van der Waals surface area contributed by atoms with Gasteiger partial charge < -0.3 is 15.1 Å². The Labute approximate surface area is 111 Å². The van der Waals surface area contributed by atoms with Gasteiger partial charge in [-0.3, -0.25) is 4.79 Å². The summed E-state index contributed by atoms with van der Waals surface area (Å²) in [6.07, 6.45) is 5.06. The van der Waals surface area contributed by atoms with Gasteiger partial charge in [0.15, 0.2) is 6.54 Å². The molecule has 1 aliphatic heterocycles. The van der Waals surface area contributed by atoms with Gasteiger partial charge in [-0.05, 0) is 18.8 Å². The van der Waals surface area contributed by atoms with E-state index < -0.39 is 0 Å². The lowest BCUT2D eigenvalue weighted by atomic mass is 9.86. The van der Waals surface area contributed by atoms with Crippen LogP contribution >= 0.6 is 0 Å². The molecule has 18 heavy (non-hydrogen) atoms. The van der Waals surface area contributed by atoms with E-state index in [1.165, 1.54) is 43.7 Å². The van der Waals surface area contributed by atoms with Crippen LogP contribution in [0.1, 0.15) is 32.6 Å². The minimum atomic E-state index is 0.267. The molecule has 2 fully saturated rings. The Bertz CT molecular complexity index is 274. The van der Waals surface area contributed by atoms with Crippen molar-refractivity contribution in [3.05, 3.63) is 0 Å². The maximum atomic E-state index is 12.1. The summed E-state index contributed by atoms with van der Waals surface area (Å²) in [5.41, 5.74) is 0. The summed E-state index contributed by atoms with van der Waals surface area (Å²) >= 11 is 0. The topological polar surface area (TPSA) is 38.0 Å². The summed E-state index contributed by atoms with van der Waals surface area (Å²) in [5.74, 6) is 0.929. The van der Waals surface area contributed by atoms with E-state index in [0.29, 0.717) is 18.5 Å². The number of carbonyl (C=O) groups excluding carboxylic acids is 1. The molecule has 1 amide bonds. The van der Waals surface area contributed by atoms with Crippen LogP contribution in [0, 0.1) is 5.92 Å². The second kappa shape index (κ2) is 6.53. The fourth-order valence-electron chi connectivity index (χ4n) is 3.22. The van der Waals surface area contributed by atoms with E-state index >= 15 is 0 Å². The Morgan fingerprint density at radius 1 is 1.17 bits per heavy atom. The van der Waals surface area contributed by atoms with Crippen molar-refractivity contribution in [1.29, 1.82) is 0 Å². The molecule has 0 aromatic carbocycles. The molecule has 4 nitrogen and oxygen atoms in total. The number of amides is 1. The van der Waals surface area contributed by atoms with E-state index in [2.05, 4.69) is 19.3 Å². The highest BCUT2D eigenvalue weighted by Crippen LogP contribution is 2.23. The van der Waals surface area contributed by atoms with Gasteiger partial charge in [-0.1, -0.05) is 19.8 Å². The molecule has 2 atom stereocenters. The molecule has 104 valence electrons. The van der Waals surface area contributed by atoms with Gasteiger partial charge in [0, 0.05) is 6.04 Å². The first-order valence-electron chi connectivity index (χ1n) is 7.59. The molecule has 0 unspecified atom stereocenters. The van der Waals surface area contributed by atoms with Crippen molar-refractivity contribution in [2.24, 2.45) is 5.92 Å². The molecular weight excluding hydrogens is 226 g/mol. The molecule has 0 radical (unpaired) electrons. The second-order valence-corrected chi connectivity index (χ2v) is 6.32. The number of hydrogen-bond acceptors (Lipinski definition) is 1. The van der Waals surface area contributed by atoms with Crippen LogP contribution < -0.4 is 15.1 Å². The molecular formula is C14H29N3O+2. The van der Waals surface area contributed by atoms with Crippen molar-refractivity contribution in [1.82, 2.24) is 5.32 Å². The van der Waals surface area contributed by atoms with Crippen LogP contribution in [0.3, 0.4) is 0 Å². The zero-order chi connectivity index (χ0) is 13.0. The summed E-state index contributed by atoms with van der Waals surface area (Å²) in [7, 11) is 2.24. The molecule has 1 aliphatic carbocycles. The first-order chi connectivity index (χ1) is 8.65. The summed E-state index contributed by atoms with van der Waals surface area (Å²) < 4.78 is 0. The average molecular weight is 255 g/mol. The van der Waals surface area contributed by atoms with Gasteiger partial charge in [-0.25, -0.2) is 0 Å². The van der Waals surface area contributed by atoms with Crippen molar-refractivity contribution < 1.29 is 14.6 Å². The smallest absolute Gasteiger partial charge is 0.275 e. The number of piperazine rings is 1. The fraction of sp³-hybridized carbons (Fsp3) is 0.929. The molecule has 0 aromatic rings. The van der Waals surface area contributed by atoms with Gasteiger partial charge in [0.1, 0.15) is 26.2 Å². The number of rotatable bonds is 3. The minimum Gasteiger partial charge on any atom is -0.348 e. The van der Waals surface area contributed by atoms with E-state index in [0.717, 1.165) is 13.1 Å². The summed E-state index contributed by atoms with van der Waals surface area (Å²) in [5, 5.41) is 3.26. The summed E-state index contributed by atoms with van der Waals surface area (Å²) in [4.78, 5) is 15.1. The third-order valence-electron chi connectivity index (χ3n) is 4.68. The SMILES string of the molecule is C[C@H]1CCCC[C@H]1NC(=O)C[NH+]1CC[NH+](C)CC1. The zero-order valence-corrected chi connectivity index (χ0v) is 11.9. The Morgan fingerprint density at radius 2 is 1.83 bits per heavy atom. The predicted molar refractivity (Wildman–Crippen MR) is 71.7 cm³/mol. The van der Waals surface area contributed by atoms with E-state index in [1.54, 1.807) is 4.90 Å². The van der Waals surface area contributed by atoms with Gasteiger partial charge in [-0.15, -0.1) is 0 Å². The Morgan fingerprint density at radius 3 is 2.50 bits per heavy atom. The average Bonchev–Trinajstić information content (AvgIpc) is 2.35. The Hall–Kier alpha value is -0.610. The van der Waals surface area contributed by atoms with Crippen LogP contribution in [-0.4, -0.2) is 51.7 Å². The molecule has 0 bridgehead atoms. The first-order valence-corrected chi connectivity index (χ1v) is 7.59. The molecule has 1 saturated heterocycles. The van der Waals surface area contributed by atoms with Crippen molar-refractivity contribution in [3.63, 3.8) is 0 Å². The van der Waals surface area contributed by atoms with Crippen LogP contribution in [0.2, 0.25) is 0 Å². The molecule has 0 aromatic heterocycles. The number of quaternary nitrogens is 2. The lowest BCUT2D eigenvalue weighted by Gasteiger charge is -2.31. The second-order valence-electron chi connectivity index (χ2n) is 6.32. The van der Waals surface area contributed by atoms with Crippen LogP contribution in [0.25, 0.3) is 0 Å². The van der Waals surface area contributed by atoms with Crippen LogP contribution in [-0.2, 0) is 4.79 Å². The van der Waals surface area contributed by atoms with Gasteiger partial charge in [0.25, 0.3) is 5.91 Å². The number of carbonyl (C=O) groups is 1. The van der Waals surface area contributed by atoms with E-state index in [1.807, 2.05) is 0 Å². The van der Waals surface area contributed by atoms with E-state index in [4.69, 9.17) is 0 Å². The summed E-state index contributed by atoms with van der Waals surface area (Å²) in [6, 6.07) is 0.434. The monoisotopic (exact) mass is 255 g/mol. The molecule has 2 rings (SSSR count). The molecule has 3 N–H and O–H groups in total. The van der Waals surface area contributed by atoms with Crippen molar-refractivity contribution >= 4 is 5.91 Å². The molecule has 2 aliphatic rings. The highest BCUT2D eigenvalue weighted by Gasteiger charge is 2.26. The standard InChI is InChI=1S/C14H27N3O/c1-12-5-3-4-6-13(12)15-14(18)11-17-9-7-16(2)8-10-17/h12-13H,3-11H2,1-2H3,(H,15,18)/p+2/t12-,13+/m0/s1. The third kappa shape index (κ3) is 3.95. The van der Waals surface area contributed by atoms with Crippen molar-refractivity contribution in [2.75, 3.05) is 39.8 Å². The lowest BCUT2D eigenvalue weighted by Crippen LogP contribution is -3.27. The number of likely N-dealkylation sites (N-methyl/N-ethyl adjacent to an activating group) is 1. The molecule has 4 heteroatoms. The normalized spacial score (nSPS) is 37.2. The lowest BCUT2D eigenvalue weighted by molar-refractivity contribution is -1.000. The number of hydrogen-bond donors (Lipinski definition) is 3. The molecule has 1 saturated carbocycles. The predicted octanol–water partition coefficient (Wildman–Crippen LogP) is -1.91. The zero-order valence-electron chi connectivity index (χ0n) is 11.9. The maximum absolute atomic E-state index is 12.1. The van der Waals surface area contributed by atoms with Gasteiger partial charge in [0.2, 0.25) is 0 Å². The van der Waals surface area contributed by atoms with Crippen molar-refractivity contribution in [2.45, 2.75) is 38.6 Å². The quantitative estimate of drug-likeness (QED) is 0.541. The van der Waals surface area contributed by atoms with Crippen LogP contribution in [0.5, 0.6) is 0 Å². The van der Waals surface area contributed by atoms with E-state index in [-0.39, 0.29) is 5.91 Å². The number of nitrogens with one attached hydrogen (secondary N) is 3. The maximum Gasteiger partial charge on any atom is 0.275 e. The van der Waals surface area contributed by atoms with Crippen molar-refractivity contribution in [3.8, 4) is 0 Å². The summed E-state index contributed by atoms with van der Waals surface area (Å²) in [6.45, 7) is 7.62. The Kier molecular flexibility index (Phi) is 5.01. The minimum absolute atomic E-state index is 0.267. The Balaban J connectivity index is 1.71.